The van der Waals surface area contributed by atoms with Crippen molar-refractivity contribution < 1.29 is 4.74 Å². The van der Waals surface area contributed by atoms with Gasteiger partial charge in [-0.05, 0) is 12.8 Å². The average molecular weight is 179 g/mol. The number of hydrogen-bond donors (Lipinski definition) is 0. The van der Waals surface area contributed by atoms with E-state index in [2.05, 4.69) is 22.9 Å². The number of halogens is 1. The fourth-order valence-electron chi connectivity index (χ4n) is 0.800. The monoisotopic (exact) mass is 178 g/mol. The Morgan fingerprint density at radius 1 is 1.75 bits per heavy atom. The zero-order valence-electron chi connectivity index (χ0n) is 5.11. The Hall–Kier alpha value is 0.440. The van der Waals surface area contributed by atoms with Crippen LogP contribution in [0, 0.1) is 0 Å². The maximum Gasteiger partial charge on any atom is 0.0921 e. The van der Waals surface area contributed by atoms with Crippen molar-refractivity contribution in [1.82, 2.24) is 0 Å². The van der Waals surface area contributed by atoms with E-state index in [1.165, 1.54) is 12.8 Å². The van der Waals surface area contributed by atoms with Gasteiger partial charge in [0.05, 0.1) is 12.2 Å². The molecule has 1 heterocycles. The first-order valence-corrected chi connectivity index (χ1v) is 4.15. The lowest BCUT2D eigenvalue weighted by Gasteiger charge is -2.02. The molecule has 1 aliphatic heterocycles. The fourth-order valence-corrected chi connectivity index (χ4v) is 1.52. The van der Waals surface area contributed by atoms with Gasteiger partial charge in [0.25, 0.3) is 0 Å². The Morgan fingerprint density at radius 3 is 2.50 bits per heavy atom. The van der Waals surface area contributed by atoms with Crippen molar-refractivity contribution in [2.45, 2.75) is 25.4 Å². The van der Waals surface area contributed by atoms with E-state index in [1.807, 2.05) is 0 Å². The lowest BCUT2D eigenvalue weighted by atomic mass is 10.1. The number of epoxide rings is 1. The van der Waals surface area contributed by atoms with Crippen molar-refractivity contribution in [1.29, 1.82) is 0 Å². The first kappa shape index (κ1) is 6.56. The molecular formula is C6H11BrO. The lowest BCUT2D eigenvalue weighted by molar-refractivity contribution is 0.291. The standard InChI is InChI=1S/C6H11BrO/c1-2-6(3-4-7)5-8-6/h2-5H2,1H3. The molecule has 0 aliphatic carbocycles. The third-order valence-electron chi connectivity index (χ3n) is 1.75. The highest BCUT2D eigenvalue weighted by Gasteiger charge is 2.41. The summed E-state index contributed by atoms with van der Waals surface area (Å²) < 4.78 is 5.26. The zero-order valence-corrected chi connectivity index (χ0v) is 6.70. The molecule has 0 aromatic heterocycles. The Labute approximate surface area is 58.5 Å². The quantitative estimate of drug-likeness (QED) is 0.476. The topological polar surface area (TPSA) is 12.5 Å². The minimum atomic E-state index is 0.295. The summed E-state index contributed by atoms with van der Waals surface area (Å²) in [4.78, 5) is 0. The first-order chi connectivity index (χ1) is 3.83. The van der Waals surface area contributed by atoms with Crippen LogP contribution in [0.25, 0.3) is 0 Å². The van der Waals surface area contributed by atoms with Gasteiger partial charge in [-0.25, -0.2) is 0 Å². The van der Waals surface area contributed by atoms with Crippen molar-refractivity contribution in [3.05, 3.63) is 0 Å². The summed E-state index contributed by atoms with van der Waals surface area (Å²) in [5.74, 6) is 0. The van der Waals surface area contributed by atoms with Crippen LogP contribution in [-0.4, -0.2) is 17.5 Å². The van der Waals surface area contributed by atoms with Crippen LogP contribution in [0.15, 0.2) is 0 Å². The van der Waals surface area contributed by atoms with Gasteiger partial charge in [0.1, 0.15) is 0 Å². The van der Waals surface area contributed by atoms with E-state index >= 15 is 0 Å². The number of alkyl halides is 1. The molecule has 1 nitrogen and oxygen atoms in total. The van der Waals surface area contributed by atoms with Crippen LogP contribution >= 0.6 is 15.9 Å². The summed E-state index contributed by atoms with van der Waals surface area (Å²) >= 11 is 3.39. The average Bonchev–Trinajstić information content (AvgIpc) is 2.50. The number of rotatable bonds is 3. The Bertz CT molecular complexity index is 78.6. The molecule has 1 rings (SSSR count). The van der Waals surface area contributed by atoms with Gasteiger partial charge in [-0.2, -0.15) is 0 Å². The molecule has 0 N–H and O–H groups in total. The molecule has 0 amide bonds. The van der Waals surface area contributed by atoms with Crippen molar-refractivity contribution >= 4 is 15.9 Å². The molecule has 1 fully saturated rings. The Kier molecular flexibility index (Phi) is 1.93. The molecule has 0 bridgehead atoms. The third kappa shape index (κ3) is 1.23. The molecule has 2 heteroatoms. The molecule has 1 saturated heterocycles. The molecule has 0 aromatic rings. The second-order valence-corrected chi connectivity index (χ2v) is 3.06. The van der Waals surface area contributed by atoms with E-state index in [0.29, 0.717) is 5.60 Å². The molecule has 48 valence electrons. The minimum Gasteiger partial charge on any atom is -0.370 e. The van der Waals surface area contributed by atoms with Crippen LogP contribution < -0.4 is 0 Å². The van der Waals surface area contributed by atoms with E-state index in [0.717, 1.165) is 11.9 Å². The lowest BCUT2D eigenvalue weighted by Crippen LogP contribution is -2.08. The van der Waals surface area contributed by atoms with Crippen LogP contribution in [0.2, 0.25) is 0 Å². The molecule has 0 aromatic carbocycles. The Balaban J connectivity index is 2.20. The molecular weight excluding hydrogens is 168 g/mol. The smallest absolute Gasteiger partial charge is 0.0921 e. The predicted octanol–water partition coefficient (Wildman–Crippen LogP) is 1.95. The van der Waals surface area contributed by atoms with Gasteiger partial charge in [-0.1, -0.05) is 22.9 Å². The predicted molar refractivity (Wildman–Crippen MR) is 37.4 cm³/mol. The van der Waals surface area contributed by atoms with Crippen LogP contribution in [0.1, 0.15) is 19.8 Å². The molecule has 0 spiro atoms. The van der Waals surface area contributed by atoms with Gasteiger partial charge in [-0.15, -0.1) is 0 Å². The third-order valence-corrected chi connectivity index (χ3v) is 2.14. The van der Waals surface area contributed by atoms with E-state index in [1.54, 1.807) is 0 Å². The highest BCUT2D eigenvalue weighted by molar-refractivity contribution is 9.09. The highest BCUT2D eigenvalue weighted by Crippen LogP contribution is 2.34. The van der Waals surface area contributed by atoms with Gasteiger partial charge >= 0.3 is 0 Å². The number of hydrogen-bond acceptors (Lipinski definition) is 1. The normalized spacial score (nSPS) is 35.2. The maximum absolute atomic E-state index is 5.26. The second kappa shape index (κ2) is 2.36. The summed E-state index contributed by atoms with van der Waals surface area (Å²) in [5.41, 5.74) is 0.295. The molecule has 1 aliphatic rings. The van der Waals surface area contributed by atoms with E-state index in [-0.39, 0.29) is 0 Å². The highest BCUT2D eigenvalue weighted by atomic mass is 79.9. The van der Waals surface area contributed by atoms with Crippen LogP contribution in [0.3, 0.4) is 0 Å². The largest absolute Gasteiger partial charge is 0.370 e. The van der Waals surface area contributed by atoms with Crippen molar-refractivity contribution in [2.24, 2.45) is 0 Å². The summed E-state index contributed by atoms with van der Waals surface area (Å²) in [7, 11) is 0. The van der Waals surface area contributed by atoms with Crippen LogP contribution in [0.4, 0.5) is 0 Å². The summed E-state index contributed by atoms with van der Waals surface area (Å²) in [6.45, 7) is 3.16. The van der Waals surface area contributed by atoms with Crippen LogP contribution in [0.5, 0.6) is 0 Å². The second-order valence-electron chi connectivity index (χ2n) is 2.26. The first-order valence-electron chi connectivity index (χ1n) is 3.03. The molecule has 1 unspecified atom stereocenters. The SMILES string of the molecule is CCC1(CCBr)CO1. The zero-order chi connectivity index (χ0) is 6.04. The molecule has 1 atom stereocenters. The van der Waals surface area contributed by atoms with Crippen molar-refractivity contribution in [3.63, 3.8) is 0 Å². The van der Waals surface area contributed by atoms with Crippen LogP contribution in [-0.2, 0) is 4.74 Å². The summed E-state index contributed by atoms with van der Waals surface area (Å²) in [6.07, 6.45) is 2.34. The van der Waals surface area contributed by atoms with Gasteiger partial charge in [-0.3, -0.25) is 0 Å². The maximum atomic E-state index is 5.26. The fraction of sp³-hybridized carbons (Fsp3) is 1.00. The summed E-state index contributed by atoms with van der Waals surface area (Å²) in [6, 6.07) is 0. The van der Waals surface area contributed by atoms with Gasteiger partial charge < -0.3 is 4.74 Å². The van der Waals surface area contributed by atoms with Gasteiger partial charge in [0.15, 0.2) is 0 Å². The minimum absolute atomic E-state index is 0.295. The van der Waals surface area contributed by atoms with E-state index in [9.17, 15) is 0 Å². The Morgan fingerprint density at radius 2 is 2.38 bits per heavy atom. The summed E-state index contributed by atoms with van der Waals surface area (Å²) in [5, 5.41) is 1.07. The molecule has 0 radical (unpaired) electrons. The van der Waals surface area contributed by atoms with Gasteiger partial charge in [0, 0.05) is 5.33 Å². The number of ether oxygens (including phenoxy) is 1. The molecule has 0 saturated carbocycles. The van der Waals surface area contributed by atoms with E-state index < -0.39 is 0 Å². The van der Waals surface area contributed by atoms with E-state index in [4.69, 9.17) is 4.74 Å². The molecule has 8 heavy (non-hydrogen) atoms. The van der Waals surface area contributed by atoms with Crippen molar-refractivity contribution in [2.75, 3.05) is 11.9 Å². The van der Waals surface area contributed by atoms with Crippen molar-refractivity contribution in [3.8, 4) is 0 Å². The van der Waals surface area contributed by atoms with Gasteiger partial charge in [0.2, 0.25) is 0 Å².